The van der Waals surface area contributed by atoms with Crippen molar-refractivity contribution >= 4 is 17.7 Å². The SMILES string of the molecule is C[SH+]C(C)(C(=O)[O-])C(C)C. The molecular formula is C7H14O2S. The van der Waals surface area contributed by atoms with Gasteiger partial charge >= 0.3 is 0 Å². The van der Waals surface area contributed by atoms with Gasteiger partial charge in [-0.15, -0.1) is 0 Å². The predicted molar refractivity (Wildman–Crippen MR) is 42.9 cm³/mol. The van der Waals surface area contributed by atoms with Crippen molar-refractivity contribution in [2.75, 3.05) is 6.26 Å². The van der Waals surface area contributed by atoms with Crippen molar-refractivity contribution in [1.82, 2.24) is 0 Å². The summed E-state index contributed by atoms with van der Waals surface area (Å²) in [6.07, 6.45) is 1.84. The van der Waals surface area contributed by atoms with Gasteiger partial charge in [-0.1, -0.05) is 13.8 Å². The van der Waals surface area contributed by atoms with Gasteiger partial charge in [-0.2, -0.15) is 0 Å². The van der Waals surface area contributed by atoms with E-state index in [9.17, 15) is 9.90 Å². The van der Waals surface area contributed by atoms with Gasteiger partial charge in [0.1, 0.15) is 0 Å². The topological polar surface area (TPSA) is 40.1 Å². The lowest BCUT2D eigenvalue weighted by molar-refractivity contribution is -0.309. The fourth-order valence-electron chi connectivity index (χ4n) is 0.585. The van der Waals surface area contributed by atoms with Crippen LogP contribution in [-0.4, -0.2) is 17.0 Å². The summed E-state index contributed by atoms with van der Waals surface area (Å²) in [5, 5.41) is 10.6. The van der Waals surface area contributed by atoms with E-state index in [1.165, 1.54) is 0 Å². The zero-order valence-electron chi connectivity index (χ0n) is 6.84. The molecule has 0 bridgehead atoms. The molecule has 0 saturated heterocycles. The highest BCUT2D eigenvalue weighted by Gasteiger charge is 2.35. The van der Waals surface area contributed by atoms with Gasteiger partial charge < -0.3 is 9.90 Å². The van der Waals surface area contributed by atoms with Gasteiger partial charge in [0.25, 0.3) is 0 Å². The van der Waals surface area contributed by atoms with Gasteiger partial charge in [0.05, 0.1) is 12.2 Å². The highest BCUT2D eigenvalue weighted by molar-refractivity contribution is 7.80. The number of aliphatic carboxylic acids is 1. The molecule has 0 aromatic heterocycles. The third-order valence-electron chi connectivity index (χ3n) is 2.00. The predicted octanol–water partition coefficient (Wildman–Crippen LogP) is -0.404. The van der Waals surface area contributed by atoms with Crippen molar-refractivity contribution in [3.05, 3.63) is 0 Å². The highest BCUT2D eigenvalue weighted by Crippen LogP contribution is 2.19. The molecule has 0 aliphatic rings. The summed E-state index contributed by atoms with van der Waals surface area (Å²) in [6.45, 7) is 5.51. The molecule has 3 heteroatoms. The maximum atomic E-state index is 10.6. The maximum Gasteiger partial charge on any atom is 0.164 e. The Labute approximate surface area is 66.0 Å². The Morgan fingerprint density at radius 3 is 2.00 bits per heavy atom. The Morgan fingerprint density at radius 2 is 2.00 bits per heavy atom. The molecular weight excluding hydrogens is 148 g/mol. The first-order chi connectivity index (χ1) is 4.45. The van der Waals surface area contributed by atoms with Crippen molar-refractivity contribution < 1.29 is 9.90 Å². The Hall–Kier alpha value is -0.180. The standard InChI is InChI=1S/C7H14O2S/c1-5(2)7(3,10-4)6(8)9/h5H,1-4H3,(H,8,9). The second kappa shape index (κ2) is 3.28. The summed E-state index contributed by atoms with van der Waals surface area (Å²) >= 11 is 0.863. The summed E-state index contributed by atoms with van der Waals surface area (Å²) in [4.78, 5) is 10.6. The van der Waals surface area contributed by atoms with E-state index >= 15 is 0 Å². The monoisotopic (exact) mass is 162 g/mol. The third kappa shape index (κ3) is 1.66. The van der Waals surface area contributed by atoms with E-state index in [1.54, 1.807) is 6.92 Å². The fraction of sp³-hybridized carbons (Fsp3) is 0.857. The maximum absolute atomic E-state index is 10.6. The lowest BCUT2D eigenvalue weighted by Crippen LogP contribution is -2.50. The summed E-state index contributed by atoms with van der Waals surface area (Å²) in [6, 6.07) is 0. The number of carbonyl (C=O) groups is 1. The number of hydrogen-bond acceptors (Lipinski definition) is 2. The Morgan fingerprint density at radius 1 is 1.60 bits per heavy atom. The number of carbonyl (C=O) groups excluding carboxylic acids is 1. The molecule has 0 spiro atoms. The Kier molecular flexibility index (Phi) is 3.22. The van der Waals surface area contributed by atoms with Crippen molar-refractivity contribution in [1.29, 1.82) is 0 Å². The van der Waals surface area contributed by atoms with E-state index < -0.39 is 10.7 Å². The van der Waals surface area contributed by atoms with Gasteiger partial charge in [0, 0.05) is 5.92 Å². The molecule has 0 aliphatic carbocycles. The molecule has 0 fully saturated rings. The van der Waals surface area contributed by atoms with Crippen LogP contribution in [0.5, 0.6) is 0 Å². The molecule has 0 aromatic rings. The van der Waals surface area contributed by atoms with E-state index in [0.29, 0.717) is 0 Å². The first-order valence-electron chi connectivity index (χ1n) is 3.27. The third-order valence-corrected chi connectivity index (χ3v) is 3.63. The minimum atomic E-state index is -0.952. The Bertz CT molecular complexity index is 134. The van der Waals surface area contributed by atoms with Crippen LogP contribution < -0.4 is 5.11 Å². The zero-order valence-corrected chi connectivity index (χ0v) is 7.74. The van der Waals surface area contributed by atoms with E-state index in [2.05, 4.69) is 0 Å². The average Bonchev–Trinajstić information content (AvgIpc) is 1.85. The van der Waals surface area contributed by atoms with Gasteiger partial charge in [-0.25, -0.2) is 0 Å². The molecule has 2 nitrogen and oxygen atoms in total. The van der Waals surface area contributed by atoms with Crippen LogP contribution in [0.1, 0.15) is 20.8 Å². The second-order valence-corrected chi connectivity index (χ2v) is 4.19. The van der Waals surface area contributed by atoms with E-state index in [1.807, 2.05) is 20.1 Å². The highest BCUT2D eigenvalue weighted by atomic mass is 32.2. The van der Waals surface area contributed by atoms with Crippen LogP contribution in [0.4, 0.5) is 0 Å². The largest absolute Gasteiger partial charge is 0.544 e. The molecule has 0 aromatic carbocycles. The van der Waals surface area contributed by atoms with Gasteiger partial charge in [-0.05, 0) is 18.7 Å². The molecule has 0 amide bonds. The molecule has 10 heavy (non-hydrogen) atoms. The molecule has 0 heterocycles. The minimum Gasteiger partial charge on any atom is -0.544 e. The molecule has 0 rings (SSSR count). The number of carboxylic acids is 1. The zero-order chi connectivity index (χ0) is 8.36. The Balaban J connectivity index is 4.38. The first kappa shape index (κ1) is 9.82. The summed E-state index contributed by atoms with van der Waals surface area (Å²) < 4.78 is -0.681. The quantitative estimate of drug-likeness (QED) is 0.418. The fourth-order valence-corrected chi connectivity index (χ4v) is 1.28. The number of carboxylic acid groups (broad SMARTS) is 1. The number of thiol groups is 1. The van der Waals surface area contributed by atoms with Crippen LogP contribution in [0.3, 0.4) is 0 Å². The van der Waals surface area contributed by atoms with Crippen molar-refractivity contribution in [2.45, 2.75) is 25.5 Å². The second-order valence-electron chi connectivity index (χ2n) is 2.81. The molecule has 60 valence electrons. The lowest BCUT2D eigenvalue weighted by atomic mass is 9.97. The van der Waals surface area contributed by atoms with Gasteiger partial charge in [0.15, 0.2) is 4.75 Å². The van der Waals surface area contributed by atoms with Gasteiger partial charge in [0.2, 0.25) is 0 Å². The van der Waals surface area contributed by atoms with Crippen LogP contribution in [0.15, 0.2) is 0 Å². The average molecular weight is 162 g/mol. The molecule has 1 atom stereocenters. The van der Waals surface area contributed by atoms with E-state index in [-0.39, 0.29) is 5.92 Å². The van der Waals surface area contributed by atoms with E-state index in [0.717, 1.165) is 11.8 Å². The van der Waals surface area contributed by atoms with Crippen LogP contribution in [0, 0.1) is 5.92 Å². The number of rotatable bonds is 3. The van der Waals surface area contributed by atoms with E-state index in [4.69, 9.17) is 0 Å². The molecule has 0 N–H and O–H groups in total. The molecule has 1 unspecified atom stereocenters. The molecule has 0 saturated carbocycles. The van der Waals surface area contributed by atoms with Crippen LogP contribution in [0.2, 0.25) is 0 Å². The lowest BCUT2D eigenvalue weighted by Gasteiger charge is -2.25. The van der Waals surface area contributed by atoms with Gasteiger partial charge in [-0.3, -0.25) is 0 Å². The summed E-state index contributed by atoms with van der Waals surface area (Å²) in [5.41, 5.74) is 0. The summed E-state index contributed by atoms with van der Waals surface area (Å²) in [5.74, 6) is -0.823. The van der Waals surface area contributed by atoms with Crippen molar-refractivity contribution in [3.63, 3.8) is 0 Å². The van der Waals surface area contributed by atoms with Crippen molar-refractivity contribution in [2.24, 2.45) is 5.92 Å². The van der Waals surface area contributed by atoms with Crippen molar-refractivity contribution in [3.8, 4) is 0 Å². The number of hydrogen-bond donors (Lipinski definition) is 0. The van der Waals surface area contributed by atoms with Crippen LogP contribution >= 0.6 is 0 Å². The minimum absolute atomic E-state index is 0.129. The normalized spacial score (nSPS) is 16.9. The summed E-state index contributed by atoms with van der Waals surface area (Å²) in [7, 11) is 0. The van der Waals surface area contributed by atoms with Crippen LogP contribution in [0.25, 0.3) is 0 Å². The van der Waals surface area contributed by atoms with Crippen LogP contribution in [-0.2, 0) is 16.6 Å². The first-order valence-corrected chi connectivity index (χ1v) is 4.61. The molecule has 0 aliphatic heterocycles. The molecule has 0 radical (unpaired) electrons. The smallest absolute Gasteiger partial charge is 0.164 e.